The molecule has 2 aromatic rings. The van der Waals surface area contributed by atoms with Crippen LogP contribution in [0.1, 0.15) is 5.56 Å². The molecule has 3 heteroatoms. The van der Waals surface area contributed by atoms with E-state index in [-0.39, 0.29) is 0 Å². The molecule has 1 nitrogen and oxygen atoms in total. The van der Waals surface area contributed by atoms with E-state index in [0.29, 0.717) is 0 Å². The molecule has 1 heterocycles. The normalized spacial score (nSPS) is 10.9. The van der Waals surface area contributed by atoms with Crippen molar-refractivity contribution in [3.05, 3.63) is 23.1 Å². The van der Waals surface area contributed by atoms with Gasteiger partial charge in [-0.3, -0.25) is 0 Å². The number of rotatable bonds is 1. The molecule has 0 fully saturated rings. The van der Waals surface area contributed by atoms with E-state index in [1.165, 1.54) is 20.5 Å². The fourth-order valence-corrected chi connectivity index (χ4v) is 3.22. The van der Waals surface area contributed by atoms with Crippen molar-refractivity contribution < 1.29 is 0 Å². The standard InChI is InChI=1S/C10H11NS2/c1-6-9-7(3-4-13-9)5-8(11)10(6)12-2/h3-5H,11H2,1-2H3. The van der Waals surface area contributed by atoms with Gasteiger partial charge in [-0.05, 0) is 41.6 Å². The van der Waals surface area contributed by atoms with Crippen molar-refractivity contribution in [1.29, 1.82) is 0 Å². The number of aryl methyl sites for hydroxylation is 1. The summed E-state index contributed by atoms with van der Waals surface area (Å²) in [4.78, 5) is 1.22. The lowest BCUT2D eigenvalue weighted by atomic mass is 10.1. The minimum absolute atomic E-state index is 0.899. The van der Waals surface area contributed by atoms with Gasteiger partial charge in [-0.15, -0.1) is 23.1 Å². The van der Waals surface area contributed by atoms with E-state index in [1.807, 2.05) is 0 Å². The van der Waals surface area contributed by atoms with Gasteiger partial charge in [0.15, 0.2) is 0 Å². The van der Waals surface area contributed by atoms with Gasteiger partial charge in [0.2, 0.25) is 0 Å². The van der Waals surface area contributed by atoms with Gasteiger partial charge in [0.1, 0.15) is 0 Å². The van der Waals surface area contributed by atoms with Crippen LogP contribution in [-0.4, -0.2) is 6.26 Å². The van der Waals surface area contributed by atoms with Crippen LogP contribution >= 0.6 is 23.1 Å². The summed E-state index contributed by atoms with van der Waals surface area (Å²) in [7, 11) is 0. The average Bonchev–Trinajstić information content (AvgIpc) is 2.53. The van der Waals surface area contributed by atoms with Gasteiger partial charge in [0.05, 0.1) is 0 Å². The zero-order valence-corrected chi connectivity index (χ0v) is 9.26. The maximum absolute atomic E-state index is 5.94. The van der Waals surface area contributed by atoms with Crippen LogP contribution in [0.3, 0.4) is 0 Å². The SMILES string of the molecule is CSc1c(N)cc2ccsc2c1C. The Morgan fingerprint density at radius 3 is 2.92 bits per heavy atom. The molecule has 0 amide bonds. The van der Waals surface area contributed by atoms with Crippen LogP contribution in [-0.2, 0) is 0 Å². The van der Waals surface area contributed by atoms with Crippen LogP contribution in [0.5, 0.6) is 0 Å². The summed E-state index contributed by atoms with van der Waals surface area (Å²) in [5.74, 6) is 0. The minimum Gasteiger partial charge on any atom is -0.398 e. The van der Waals surface area contributed by atoms with Gasteiger partial charge in [-0.25, -0.2) is 0 Å². The molecule has 0 saturated heterocycles. The second-order valence-electron chi connectivity index (χ2n) is 2.96. The fourth-order valence-electron chi connectivity index (χ4n) is 1.56. The Hall–Kier alpha value is -0.670. The van der Waals surface area contributed by atoms with E-state index < -0.39 is 0 Å². The van der Waals surface area contributed by atoms with E-state index in [1.54, 1.807) is 23.1 Å². The molecule has 13 heavy (non-hydrogen) atoms. The molecule has 1 aromatic heterocycles. The summed E-state index contributed by atoms with van der Waals surface area (Å²) in [6.45, 7) is 2.14. The average molecular weight is 209 g/mol. The Bertz CT molecular complexity index is 445. The highest BCUT2D eigenvalue weighted by molar-refractivity contribution is 7.98. The van der Waals surface area contributed by atoms with Crippen molar-refractivity contribution >= 4 is 38.9 Å². The zero-order chi connectivity index (χ0) is 9.42. The Kier molecular flexibility index (Phi) is 2.22. The highest BCUT2D eigenvalue weighted by Gasteiger charge is 2.07. The van der Waals surface area contributed by atoms with Gasteiger partial charge < -0.3 is 5.73 Å². The quantitative estimate of drug-likeness (QED) is 0.574. The van der Waals surface area contributed by atoms with Gasteiger partial charge in [0, 0.05) is 15.3 Å². The monoisotopic (exact) mass is 209 g/mol. The molecular formula is C10H11NS2. The Morgan fingerprint density at radius 2 is 2.23 bits per heavy atom. The smallest absolute Gasteiger partial charge is 0.0461 e. The lowest BCUT2D eigenvalue weighted by molar-refractivity contribution is 1.37. The summed E-state index contributed by atoms with van der Waals surface area (Å²) >= 11 is 3.51. The van der Waals surface area contributed by atoms with Crippen molar-refractivity contribution in [1.82, 2.24) is 0 Å². The van der Waals surface area contributed by atoms with Crippen molar-refractivity contribution in [2.24, 2.45) is 0 Å². The first-order valence-corrected chi connectivity index (χ1v) is 6.14. The molecule has 0 radical (unpaired) electrons. The number of thiophene rings is 1. The van der Waals surface area contributed by atoms with Crippen LogP contribution in [0.25, 0.3) is 10.1 Å². The maximum Gasteiger partial charge on any atom is 0.0461 e. The second kappa shape index (κ2) is 3.24. The lowest BCUT2D eigenvalue weighted by Gasteiger charge is -2.07. The van der Waals surface area contributed by atoms with Crippen LogP contribution in [0.15, 0.2) is 22.4 Å². The second-order valence-corrected chi connectivity index (χ2v) is 4.70. The van der Waals surface area contributed by atoms with Gasteiger partial charge in [0.25, 0.3) is 0 Å². The highest BCUT2D eigenvalue weighted by Crippen LogP contribution is 2.35. The first-order chi connectivity index (χ1) is 6.24. The maximum atomic E-state index is 5.94. The summed E-state index contributed by atoms with van der Waals surface area (Å²) in [6.07, 6.45) is 2.07. The predicted molar refractivity (Wildman–Crippen MR) is 62.8 cm³/mol. The number of nitrogen functional groups attached to an aromatic ring is 1. The molecule has 2 rings (SSSR count). The van der Waals surface area contributed by atoms with E-state index in [2.05, 4.69) is 30.7 Å². The molecule has 0 saturated carbocycles. The summed E-state index contributed by atoms with van der Waals surface area (Å²) in [5.41, 5.74) is 8.16. The molecule has 0 spiro atoms. The number of benzene rings is 1. The first kappa shape index (κ1) is 8.91. The lowest BCUT2D eigenvalue weighted by Crippen LogP contribution is -1.90. The number of thioether (sulfide) groups is 1. The van der Waals surface area contributed by atoms with E-state index in [0.717, 1.165) is 5.69 Å². The highest BCUT2D eigenvalue weighted by atomic mass is 32.2. The Morgan fingerprint density at radius 1 is 1.46 bits per heavy atom. The van der Waals surface area contributed by atoms with Crippen LogP contribution in [0, 0.1) is 6.92 Å². The molecule has 2 N–H and O–H groups in total. The molecular weight excluding hydrogens is 198 g/mol. The third-order valence-corrected chi connectivity index (χ3v) is 4.15. The van der Waals surface area contributed by atoms with E-state index in [9.17, 15) is 0 Å². The molecule has 0 aliphatic rings. The number of hydrogen-bond donors (Lipinski definition) is 1. The zero-order valence-electron chi connectivity index (χ0n) is 7.63. The van der Waals surface area contributed by atoms with Crippen LogP contribution < -0.4 is 5.73 Å². The Labute approximate surface area is 85.9 Å². The molecule has 68 valence electrons. The summed E-state index contributed by atoms with van der Waals surface area (Å²) < 4.78 is 1.36. The molecule has 0 bridgehead atoms. The number of nitrogens with two attached hydrogens (primary N) is 1. The Balaban J connectivity index is 2.85. The first-order valence-electron chi connectivity index (χ1n) is 4.04. The third kappa shape index (κ3) is 1.32. The van der Waals surface area contributed by atoms with E-state index >= 15 is 0 Å². The minimum atomic E-state index is 0.899. The van der Waals surface area contributed by atoms with Crippen molar-refractivity contribution in [2.45, 2.75) is 11.8 Å². The van der Waals surface area contributed by atoms with Crippen molar-refractivity contribution in [3.63, 3.8) is 0 Å². The van der Waals surface area contributed by atoms with Crippen molar-refractivity contribution in [3.8, 4) is 0 Å². The van der Waals surface area contributed by atoms with Crippen molar-refractivity contribution in [2.75, 3.05) is 12.0 Å². The predicted octanol–water partition coefficient (Wildman–Crippen LogP) is 3.51. The molecule has 0 unspecified atom stereocenters. The molecule has 1 aromatic carbocycles. The molecule has 0 aliphatic carbocycles. The van der Waals surface area contributed by atoms with Crippen LogP contribution in [0.2, 0.25) is 0 Å². The summed E-state index contributed by atoms with van der Waals surface area (Å²) in [6, 6.07) is 4.18. The van der Waals surface area contributed by atoms with Gasteiger partial charge in [-0.1, -0.05) is 0 Å². The van der Waals surface area contributed by atoms with Gasteiger partial charge >= 0.3 is 0 Å². The third-order valence-electron chi connectivity index (χ3n) is 2.15. The molecule has 0 aliphatic heterocycles. The van der Waals surface area contributed by atoms with E-state index in [4.69, 9.17) is 5.73 Å². The van der Waals surface area contributed by atoms with Gasteiger partial charge in [-0.2, -0.15) is 0 Å². The number of fused-ring (bicyclic) bond motifs is 1. The topological polar surface area (TPSA) is 26.0 Å². The fraction of sp³-hybridized carbons (Fsp3) is 0.200. The van der Waals surface area contributed by atoms with Crippen LogP contribution in [0.4, 0.5) is 5.69 Å². The number of anilines is 1. The summed E-state index contributed by atoms with van der Waals surface area (Å²) in [5, 5.41) is 3.37. The molecule has 0 atom stereocenters. The largest absolute Gasteiger partial charge is 0.398 e. The number of hydrogen-bond acceptors (Lipinski definition) is 3.